The molecule has 2 fully saturated rings. The predicted octanol–water partition coefficient (Wildman–Crippen LogP) is 0.670. The summed E-state index contributed by atoms with van der Waals surface area (Å²) in [4.78, 5) is 64.3. The molecule has 0 spiro atoms. The fraction of sp³-hybridized carbons (Fsp3) is 0.346. The lowest BCUT2D eigenvalue weighted by molar-refractivity contribution is -0.136. The second-order valence-corrected chi connectivity index (χ2v) is 9.58. The van der Waals surface area contributed by atoms with Gasteiger partial charge in [-0.05, 0) is 54.7 Å². The lowest BCUT2D eigenvalue weighted by atomic mass is 9.83. The van der Waals surface area contributed by atoms with E-state index in [9.17, 15) is 29.1 Å². The molecule has 0 radical (unpaired) electrons. The van der Waals surface area contributed by atoms with Gasteiger partial charge in [0.25, 0.3) is 11.8 Å². The number of nitrogens with zero attached hydrogens (tertiary/aromatic N) is 2. The van der Waals surface area contributed by atoms with Gasteiger partial charge in [-0.1, -0.05) is 18.2 Å². The van der Waals surface area contributed by atoms with E-state index in [1.54, 1.807) is 30.3 Å². The van der Waals surface area contributed by atoms with Crippen LogP contribution in [0, 0.1) is 0 Å². The van der Waals surface area contributed by atoms with Crippen LogP contribution in [0.5, 0.6) is 0 Å². The number of imide groups is 2. The Labute approximate surface area is 207 Å². The fourth-order valence-corrected chi connectivity index (χ4v) is 5.21. The largest absolute Gasteiger partial charge is 0.385 e. The smallest absolute Gasteiger partial charge is 0.262 e. The first-order valence-corrected chi connectivity index (χ1v) is 11.9. The van der Waals surface area contributed by atoms with Crippen molar-refractivity contribution >= 4 is 29.5 Å². The monoisotopic (exact) mass is 490 g/mol. The molecule has 0 aromatic heterocycles. The van der Waals surface area contributed by atoms with Gasteiger partial charge in [-0.3, -0.25) is 39.1 Å². The SMILES string of the molecule is NC(=O)c1cccc(CN2CCC(O)(c3ccc4c(c3)C(=O)N(C3CCC(=O)NC3=O)C4=O)CC2)c1. The van der Waals surface area contributed by atoms with E-state index in [1.807, 2.05) is 6.07 Å². The maximum absolute atomic E-state index is 13.1. The third-order valence-corrected chi connectivity index (χ3v) is 7.28. The fourth-order valence-electron chi connectivity index (χ4n) is 5.21. The molecule has 5 amide bonds. The molecule has 3 aliphatic rings. The number of amides is 5. The molecule has 186 valence electrons. The van der Waals surface area contributed by atoms with Crippen molar-refractivity contribution in [1.29, 1.82) is 0 Å². The standard InChI is InChI=1S/C26H26N4O6/c27-22(32)16-3-1-2-15(12-16)14-29-10-8-26(36,9-11-29)17-4-5-18-19(13-17)25(35)30(24(18)34)20-6-7-21(31)28-23(20)33/h1-5,12-13,20,36H,6-11,14H2,(H2,27,32)(H,28,31,33). The molecule has 36 heavy (non-hydrogen) atoms. The second-order valence-electron chi connectivity index (χ2n) is 9.58. The van der Waals surface area contributed by atoms with Gasteiger partial charge in [0.15, 0.2) is 0 Å². The first kappa shape index (κ1) is 23.8. The van der Waals surface area contributed by atoms with Crippen LogP contribution >= 0.6 is 0 Å². The van der Waals surface area contributed by atoms with Crippen molar-refractivity contribution in [2.45, 2.75) is 43.9 Å². The van der Waals surface area contributed by atoms with Gasteiger partial charge >= 0.3 is 0 Å². The number of carbonyl (C=O) groups excluding carboxylic acids is 5. The number of nitrogens with one attached hydrogen (secondary N) is 1. The van der Waals surface area contributed by atoms with Crippen molar-refractivity contribution in [2.75, 3.05) is 13.1 Å². The highest BCUT2D eigenvalue weighted by Gasteiger charge is 2.45. The Kier molecular flexibility index (Phi) is 5.93. The number of primary amides is 1. The minimum atomic E-state index is -1.17. The minimum absolute atomic E-state index is 0.0537. The van der Waals surface area contributed by atoms with Crippen molar-refractivity contribution in [3.8, 4) is 0 Å². The Hall–Kier alpha value is -3.89. The lowest BCUT2D eigenvalue weighted by Gasteiger charge is -2.38. The molecule has 1 atom stereocenters. The normalized spacial score (nSPS) is 21.9. The zero-order valence-corrected chi connectivity index (χ0v) is 19.5. The molecule has 2 saturated heterocycles. The highest BCUT2D eigenvalue weighted by Crippen LogP contribution is 2.36. The molecule has 2 aromatic carbocycles. The van der Waals surface area contributed by atoms with Crippen molar-refractivity contribution in [3.05, 3.63) is 70.3 Å². The summed E-state index contributed by atoms with van der Waals surface area (Å²) in [6.45, 7) is 1.78. The van der Waals surface area contributed by atoms with E-state index in [4.69, 9.17) is 5.73 Å². The van der Waals surface area contributed by atoms with E-state index in [2.05, 4.69) is 10.2 Å². The highest BCUT2D eigenvalue weighted by atomic mass is 16.3. The summed E-state index contributed by atoms with van der Waals surface area (Å²) in [5.74, 6) is -2.74. The predicted molar refractivity (Wildman–Crippen MR) is 126 cm³/mol. The van der Waals surface area contributed by atoms with Crippen molar-refractivity contribution in [2.24, 2.45) is 5.73 Å². The molecule has 3 heterocycles. The summed E-state index contributed by atoms with van der Waals surface area (Å²) in [7, 11) is 0. The van der Waals surface area contributed by atoms with Gasteiger partial charge in [-0.15, -0.1) is 0 Å². The van der Waals surface area contributed by atoms with Gasteiger partial charge in [-0.25, -0.2) is 0 Å². The van der Waals surface area contributed by atoms with E-state index in [1.165, 1.54) is 6.07 Å². The van der Waals surface area contributed by atoms with Crippen LogP contribution in [0.15, 0.2) is 42.5 Å². The average molecular weight is 491 g/mol. The molecule has 0 aliphatic carbocycles. The number of aliphatic hydroxyl groups is 1. The summed E-state index contributed by atoms with van der Waals surface area (Å²) in [5.41, 5.74) is 6.48. The molecule has 3 aliphatic heterocycles. The number of hydrogen-bond donors (Lipinski definition) is 3. The number of carbonyl (C=O) groups is 5. The first-order valence-electron chi connectivity index (χ1n) is 11.9. The number of piperidine rings is 2. The first-order chi connectivity index (χ1) is 17.2. The number of rotatable bonds is 5. The number of likely N-dealkylation sites (tertiary alicyclic amines) is 1. The maximum atomic E-state index is 13.1. The van der Waals surface area contributed by atoms with Gasteiger partial charge < -0.3 is 10.8 Å². The third kappa shape index (κ3) is 4.18. The van der Waals surface area contributed by atoms with Crippen LogP contribution in [0.4, 0.5) is 0 Å². The van der Waals surface area contributed by atoms with Crippen LogP contribution in [0.1, 0.15) is 67.9 Å². The maximum Gasteiger partial charge on any atom is 0.262 e. The van der Waals surface area contributed by atoms with Crippen LogP contribution in [0.25, 0.3) is 0 Å². The Morgan fingerprint density at radius 3 is 2.44 bits per heavy atom. The number of hydrogen-bond acceptors (Lipinski definition) is 7. The minimum Gasteiger partial charge on any atom is -0.385 e. The van der Waals surface area contributed by atoms with Gasteiger partial charge in [0.2, 0.25) is 17.7 Å². The van der Waals surface area contributed by atoms with E-state index in [0.29, 0.717) is 43.6 Å². The molecular weight excluding hydrogens is 464 g/mol. The highest BCUT2D eigenvalue weighted by molar-refractivity contribution is 6.23. The van der Waals surface area contributed by atoms with Crippen molar-refractivity contribution in [1.82, 2.24) is 15.1 Å². The van der Waals surface area contributed by atoms with E-state index >= 15 is 0 Å². The van der Waals surface area contributed by atoms with Crippen LogP contribution in [-0.4, -0.2) is 63.6 Å². The average Bonchev–Trinajstić information content (AvgIpc) is 3.10. The molecular formula is C26H26N4O6. The molecule has 0 bridgehead atoms. The summed E-state index contributed by atoms with van der Waals surface area (Å²) < 4.78 is 0. The van der Waals surface area contributed by atoms with E-state index < -0.39 is 41.2 Å². The summed E-state index contributed by atoms with van der Waals surface area (Å²) in [6.07, 6.45) is 0.976. The quantitative estimate of drug-likeness (QED) is 0.521. The van der Waals surface area contributed by atoms with Crippen LogP contribution in [0.2, 0.25) is 0 Å². The molecule has 10 heteroatoms. The van der Waals surface area contributed by atoms with Gasteiger partial charge in [0.05, 0.1) is 16.7 Å². The molecule has 0 saturated carbocycles. The molecule has 10 nitrogen and oxygen atoms in total. The molecule has 2 aromatic rings. The molecule has 4 N–H and O–H groups in total. The zero-order valence-electron chi connectivity index (χ0n) is 19.5. The lowest BCUT2D eigenvalue weighted by Crippen LogP contribution is -2.54. The summed E-state index contributed by atoms with van der Waals surface area (Å²) >= 11 is 0. The van der Waals surface area contributed by atoms with Crippen LogP contribution in [-0.2, 0) is 21.7 Å². The Morgan fingerprint density at radius 1 is 1.03 bits per heavy atom. The molecule has 5 rings (SSSR count). The van der Waals surface area contributed by atoms with Crippen LogP contribution in [0.3, 0.4) is 0 Å². The topological polar surface area (TPSA) is 150 Å². The Balaban J connectivity index is 1.29. The number of fused-ring (bicyclic) bond motifs is 1. The molecule has 1 unspecified atom stereocenters. The zero-order chi connectivity index (χ0) is 25.6. The van der Waals surface area contributed by atoms with Gasteiger partial charge in [0, 0.05) is 31.6 Å². The summed E-state index contributed by atoms with van der Waals surface area (Å²) in [6, 6.07) is 10.8. The number of benzene rings is 2. The van der Waals surface area contributed by atoms with E-state index in [0.717, 1.165) is 10.5 Å². The van der Waals surface area contributed by atoms with Gasteiger partial charge in [0.1, 0.15) is 6.04 Å². The Bertz CT molecular complexity index is 1300. The van der Waals surface area contributed by atoms with Crippen molar-refractivity contribution < 1.29 is 29.1 Å². The van der Waals surface area contributed by atoms with Crippen LogP contribution < -0.4 is 11.1 Å². The summed E-state index contributed by atoms with van der Waals surface area (Å²) in [5, 5.41) is 13.6. The van der Waals surface area contributed by atoms with Crippen molar-refractivity contribution in [3.63, 3.8) is 0 Å². The van der Waals surface area contributed by atoms with Gasteiger partial charge in [-0.2, -0.15) is 0 Å². The second kappa shape index (κ2) is 8.96. The third-order valence-electron chi connectivity index (χ3n) is 7.28. The van der Waals surface area contributed by atoms with E-state index in [-0.39, 0.29) is 24.0 Å². The Morgan fingerprint density at radius 2 is 1.75 bits per heavy atom. The number of nitrogens with two attached hydrogens (primary N) is 1.